The smallest absolute Gasteiger partial charge is 0.291 e. The zero-order valence-corrected chi connectivity index (χ0v) is 19.9. The molecule has 0 saturated heterocycles. The number of rotatable bonds is 10. The highest BCUT2D eigenvalue weighted by Gasteiger charge is 2.14. The van der Waals surface area contributed by atoms with Crippen molar-refractivity contribution >= 4 is 22.4 Å². The van der Waals surface area contributed by atoms with Crippen LogP contribution in [0.5, 0.6) is 17.2 Å². The number of benzene rings is 2. The van der Waals surface area contributed by atoms with Crippen molar-refractivity contribution in [1.29, 1.82) is 0 Å². The van der Waals surface area contributed by atoms with Gasteiger partial charge in [-0.05, 0) is 42.8 Å². The number of methoxy groups -OCH3 is 2. The number of para-hydroxylation sites is 1. The van der Waals surface area contributed by atoms with E-state index in [1.807, 2.05) is 42.5 Å². The molecule has 0 spiro atoms. The molecule has 172 valence electrons. The fourth-order valence-corrected chi connectivity index (χ4v) is 4.44. The molecule has 0 fully saturated rings. The summed E-state index contributed by atoms with van der Waals surface area (Å²) in [5.41, 5.74) is 1.37. The van der Waals surface area contributed by atoms with Gasteiger partial charge in [-0.25, -0.2) is 0 Å². The Hall–Kier alpha value is -3.39. The van der Waals surface area contributed by atoms with E-state index in [0.29, 0.717) is 33.4 Å². The zero-order valence-electron chi connectivity index (χ0n) is 19.0. The second-order valence-corrected chi connectivity index (χ2v) is 8.57. The van der Waals surface area contributed by atoms with E-state index in [-0.39, 0.29) is 5.56 Å². The lowest BCUT2D eigenvalue weighted by Gasteiger charge is -2.09. The van der Waals surface area contributed by atoms with Gasteiger partial charge in [-0.2, -0.15) is 9.50 Å². The molecule has 0 amide bonds. The number of hydrogen-bond acceptors (Lipinski definition) is 7. The molecule has 33 heavy (non-hydrogen) atoms. The van der Waals surface area contributed by atoms with Crippen LogP contribution in [0.4, 0.5) is 0 Å². The number of ether oxygens (including phenoxy) is 3. The summed E-state index contributed by atoms with van der Waals surface area (Å²) in [5.74, 6) is 2.52. The average molecular weight is 466 g/mol. The maximum Gasteiger partial charge on any atom is 0.291 e. The molecule has 0 aliphatic carbocycles. The van der Waals surface area contributed by atoms with E-state index in [1.165, 1.54) is 35.1 Å². The van der Waals surface area contributed by atoms with E-state index in [4.69, 9.17) is 14.2 Å². The van der Waals surface area contributed by atoms with Gasteiger partial charge in [0.25, 0.3) is 5.56 Å². The third-order valence-electron chi connectivity index (χ3n) is 5.28. The van der Waals surface area contributed by atoms with E-state index < -0.39 is 0 Å². The first-order valence-corrected chi connectivity index (χ1v) is 11.8. The molecule has 0 aliphatic rings. The highest BCUT2D eigenvalue weighted by molar-refractivity contribution is 7.15. The van der Waals surface area contributed by atoms with Crippen LogP contribution >= 0.6 is 11.3 Å². The molecule has 4 rings (SSSR count). The van der Waals surface area contributed by atoms with Crippen molar-refractivity contribution in [1.82, 2.24) is 14.6 Å². The maximum atomic E-state index is 12.9. The van der Waals surface area contributed by atoms with E-state index in [1.54, 1.807) is 20.3 Å². The largest absolute Gasteiger partial charge is 0.494 e. The van der Waals surface area contributed by atoms with Crippen molar-refractivity contribution in [2.75, 3.05) is 20.8 Å². The van der Waals surface area contributed by atoms with Crippen LogP contribution in [0, 0.1) is 0 Å². The molecule has 0 unspecified atom stereocenters. The van der Waals surface area contributed by atoms with Gasteiger partial charge in [0, 0.05) is 11.1 Å². The van der Waals surface area contributed by atoms with Crippen molar-refractivity contribution < 1.29 is 14.2 Å². The molecule has 0 atom stereocenters. The molecule has 4 aromatic rings. The summed E-state index contributed by atoms with van der Waals surface area (Å²) in [5, 5.41) is 4.43. The Balaban J connectivity index is 1.55. The molecule has 2 aromatic carbocycles. The Labute approximate surface area is 196 Å². The molecule has 8 heteroatoms. The molecule has 2 aromatic heterocycles. The zero-order chi connectivity index (χ0) is 23.2. The number of hydrogen-bond donors (Lipinski definition) is 0. The van der Waals surface area contributed by atoms with Crippen LogP contribution in [0.15, 0.2) is 47.3 Å². The summed E-state index contributed by atoms with van der Waals surface area (Å²) in [6.45, 7) is 2.91. The fourth-order valence-electron chi connectivity index (χ4n) is 3.54. The summed E-state index contributed by atoms with van der Waals surface area (Å²) >= 11 is 1.29. The molecule has 7 nitrogen and oxygen atoms in total. The summed E-state index contributed by atoms with van der Waals surface area (Å²) in [6.07, 6.45) is 6.47. The predicted octanol–water partition coefficient (Wildman–Crippen LogP) is 4.34. The lowest BCUT2D eigenvalue weighted by Crippen LogP contribution is -2.23. The first kappa shape index (κ1) is 22.8. The molecule has 0 radical (unpaired) electrons. The van der Waals surface area contributed by atoms with E-state index in [9.17, 15) is 4.79 Å². The van der Waals surface area contributed by atoms with Crippen molar-refractivity contribution in [2.24, 2.45) is 0 Å². The van der Waals surface area contributed by atoms with Gasteiger partial charge >= 0.3 is 0 Å². The van der Waals surface area contributed by atoms with Crippen LogP contribution in [0.1, 0.15) is 38.2 Å². The van der Waals surface area contributed by atoms with Crippen molar-refractivity contribution in [3.8, 4) is 28.6 Å². The topological polar surface area (TPSA) is 75.0 Å². The molecule has 0 N–H and O–H groups in total. The predicted molar refractivity (Wildman–Crippen MR) is 131 cm³/mol. The monoisotopic (exact) mass is 465 g/mol. The summed E-state index contributed by atoms with van der Waals surface area (Å²) in [6, 6.07) is 13.2. The van der Waals surface area contributed by atoms with Crippen LogP contribution in [-0.4, -0.2) is 35.4 Å². The van der Waals surface area contributed by atoms with Crippen molar-refractivity contribution in [3.63, 3.8) is 0 Å². The Morgan fingerprint density at radius 1 is 1.03 bits per heavy atom. The second-order valence-electron chi connectivity index (χ2n) is 7.56. The fraction of sp³-hybridized carbons (Fsp3) is 0.320. The highest BCUT2D eigenvalue weighted by atomic mass is 32.1. The van der Waals surface area contributed by atoms with E-state index in [0.717, 1.165) is 23.3 Å². The van der Waals surface area contributed by atoms with Gasteiger partial charge in [0.05, 0.1) is 25.4 Å². The number of nitrogens with zero attached hydrogens (tertiary/aromatic N) is 3. The highest BCUT2D eigenvalue weighted by Crippen LogP contribution is 2.31. The Kier molecular flexibility index (Phi) is 7.24. The van der Waals surface area contributed by atoms with Gasteiger partial charge < -0.3 is 14.2 Å². The Morgan fingerprint density at radius 3 is 2.55 bits per heavy atom. The summed E-state index contributed by atoms with van der Waals surface area (Å²) in [7, 11) is 3.16. The molecule has 0 aliphatic heterocycles. The first-order chi connectivity index (χ1) is 16.1. The lowest BCUT2D eigenvalue weighted by atomic mass is 10.2. The normalized spacial score (nSPS) is 11.8. The maximum absolute atomic E-state index is 12.9. The molecular formula is C25H27N3O4S. The minimum absolute atomic E-state index is 0.217. The molecule has 0 saturated carbocycles. The minimum Gasteiger partial charge on any atom is -0.494 e. The quantitative estimate of drug-likeness (QED) is 0.324. The average Bonchev–Trinajstić information content (AvgIpc) is 3.38. The number of unbranched alkanes of at least 4 members (excludes halogenated alkanes) is 3. The van der Waals surface area contributed by atoms with Crippen LogP contribution in [-0.2, 0) is 0 Å². The van der Waals surface area contributed by atoms with Crippen LogP contribution in [0.25, 0.3) is 22.4 Å². The number of thiazole rings is 1. The number of fused-ring (bicyclic) bond motifs is 1. The SMILES string of the molecule is CCCCCCOc1ccc(-c2nc3s/c(=C\c4cccc(OC)c4OC)c(=O)n3n2)cc1. The number of aromatic nitrogens is 3. The van der Waals surface area contributed by atoms with Gasteiger partial charge in [-0.1, -0.05) is 49.7 Å². The Bertz CT molecular complexity index is 1330. The standard InChI is InChI=1S/C25H27N3O4S/c1-4-5-6-7-15-32-19-13-11-17(12-14-19)23-26-25-28(27-23)24(29)21(33-25)16-18-9-8-10-20(30-2)22(18)31-3/h8-14,16H,4-7,15H2,1-3H3/b21-16-. The summed E-state index contributed by atoms with van der Waals surface area (Å²) in [4.78, 5) is 18.0. The molecular weight excluding hydrogens is 438 g/mol. The molecule has 0 bridgehead atoms. The van der Waals surface area contributed by atoms with Gasteiger partial charge in [-0.15, -0.1) is 5.10 Å². The third-order valence-corrected chi connectivity index (χ3v) is 6.24. The van der Waals surface area contributed by atoms with Crippen molar-refractivity contribution in [3.05, 3.63) is 62.9 Å². The third kappa shape index (κ3) is 5.01. The van der Waals surface area contributed by atoms with Crippen LogP contribution < -0.4 is 24.3 Å². The van der Waals surface area contributed by atoms with Crippen molar-refractivity contribution in [2.45, 2.75) is 32.6 Å². The van der Waals surface area contributed by atoms with E-state index >= 15 is 0 Å². The summed E-state index contributed by atoms with van der Waals surface area (Å²) < 4.78 is 18.5. The van der Waals surface area contributed by atoms with Gasteiger partial charge in [0.15, 0.2) is 17.3 Å². The molecule has 2 heterocycles. The van der Waals surface area contributed by atoms with Gasteiger partial charge in [-0.3, -0.25) is 4.79 Å². The van der Waals surface area contributed by atoms with E-state index in [2.05, 4.69) is 17.0 Å². The first-order valence-electron chi connectivity index (χ1n) is 11.0. The van der Waals surface area contributed by atoms with Crippen LogP contribution in [0.2, 0.25) is 0 Å². The van der Waals surface area contributed by atoms with Gasteiger partial charge in [0.1, 0.15) is 5.75 Å². The Morgan fingerprint density at radius 2 is 1.85 bits per heavy atom. The minimum atomic E-state index is -0.217. The lowest BCUT2D eigenvalue weighted by molar-refractivity contribution is 0.305. The van der Waals surface area contributed by atoms with Gasteiger partial charge in [0.2, 0.25) is 4.96 Å². The second kappa shape index (κ2) is 10.5. The van der Waals surface area contributed by atoms with Crippen LogP contribution in [0.3, 0.4) is 0 Å².